The van der Waals surface area contributed by atoms with Crippen LogP contribution in [0.15, 0.2) is 42.9 Å². The second kappa shape index (κ2) is 10.1. The van der Waals surface area contributed by atoms with Crippen molar-refractivity contribution in [3.8, 4) is 16.9 Å². The molecule has 2 fully saturated rings. The van der Waals surface area contributed by atoms with Crippen LogP contribution in [-0.2, 0) is 23.2 Å². The summed E-state index contributed by atoms with van der Waals surface area (Å²) in [6, 6.07) is 4.42. The molecule has 3 aliphatic rings. The van der Waals surface area contributed by atoms with Crippen LogP contribution in [0, 0.1) is 6.92 Å². The molecule has 3 aliphatic heterocycles. The molecule has 39 heavy (non-hydrogen) atoms. The summed E-state index contributed by atoms with van der Waals surface area (Å²) in [5.41, 5.74) is 5.85. The fourth-order valence-corrected chi connectivity index (χ4v) is 5.69. The Balaban J connectivity index is 1.13. The third-order valence-corrected chi connectivity index (χ3v) is 7.85. The average Bonchev–Trinajstić information content (AvgIpc) is 3.22. The monoisotopic (exact) mass is 529 g/mol. The number of hydrogen-bond acceptors (Lipinski definition) is 8. The number of carbonyl (C=O) groups excluding carboxylic acids is 1. The van der Waals surface area contributed by atoms with Crippen molar-refractivity contribution in [2.24, 2.45) is 7.05 Å². The first-order valence-electron chi connectivity index (χ1n) is 13.2. The first-order valence-corrected chi connectivity index (χ1v) is 13.2. The molecule has 6 rings (SSSR count). The average molecular weight is 530 g/mol. The summed E-state index contributed by atoms with van der Waals surface area (Å²) in [5, 5.41) is 16.6. The van der Waals surface area contributed by atoms with Gasteiger partial charge in [0.15, 0.2) is 5.75 Å². The Bertz CT molecular complexity index is 1450. The van der Waals surface area contributed by atoms with Crippen LogP contribution < -0.4 is 10.1 Å². The summed E-state index contributed by atoms with van der Waals surface area (Å²) in [5.74, 6) is 0.513. The van der Waals surface area contributed by atoms with Gasteiger partial charge in [-0.25, -0.2) is 9.78 Å². The number of amides is 1. The highest BCUT2D eigenvalue weighted by atomic mass is 16.5. The van der Waals surface area contributed by atoms with E-state index in [9.17, 15) is 9.59 Å². The van der Waals surface area contributed by atoms with Gasteiger partial charge in [0.25, 0.3) is 0 Å². The highest BCUT2D eigenvalue weighted by Crippen LogP contribution is 2.40. The molecule has 3 aromatic rings. The number of anilines is 2. The van der Waals surface area contributed by atoms with Crippen molar-refractivity contribution in [3.05, 3.63) is 59.8 Å². The van der Waals surface area contributed by atoms with Crippen molar-refractivity contribution in [2.45, 2.75) is 38.3 Å². The quantitative estimate of drug-likeness (QED) is 0.480. The Morgan fingerprint density at radius 3 is 2.72 bits per heavy atom. The number of aryl methyl sites for hydroxylation is 2. The van der Waals surface area contributed by atoms with Gasteiger partial charge in [0, 0.05) is 73.5 Å². The topological polar surface area (TPSA) is 126 Å². The van der Waals surface area contributed by atoms with Crippen molar-refractivity contribution in [1.82, 2.24) is 29.5 Å². The number of likely N-dealkylation sites (tertiary alicyclic amines) is 2. The van der Waals surface area contributed by atoms with Crippen LogP contribution in [0.5, 0.6) is 5.75 Å². The number of aliphatic carboxylic acids is 1. The summed E-state index contributed by atoms with van der Waals surface area (Å²) >= 11 is 0. The summed E-state index contributed by atoms with van der Waals surface area (Å²) < 4.78 is 8.06. The Morgan fingerprint density at radius 1 is 1.21 bits per heavy atom. The van der Waals surface area contributed by atoms with Gasteiger partial charge in [0.1, 0.15) is 12.4 Å². The minimum Gasteiger partial charge on any atom is -0.485 e. The van der Waals surface area contributed by atoms with E-state index in [0.717, 1.165) is 83.4 Å². The maximum atomic E-state index is 12.1. The normalized spacial score (nSPS) is 18.1. The number of piperidine rings is 1. The van der Waals surface area contributed by atoms with Crippen LogP contribution >= 0.6 is 0 Å². The summed E-state index contributed by atoms with van der Waals surface area (Å²) in [4.78, 5) is 36.4. The fraction of sp³-hybridized carbons (Fsp3) is 0.393. The predicted molar refractivity (Wildman–Crippen MR) is 144 cm³/mol. The van der Waals surface area contributed by atoms with E-state index in [4.69, 9.17) is 14.8 Å². The number of rotatable bonds is 5. The first kappa shape index (κ1) is 25.1. The van der Waals surface area contributed by atoms with E-state index in [1.807, 2.05) is 32.4 Å². The zero-order valence-electron chi connectivity index (χ0n) is 22.0. The number of nitrogens with zero attached hydrogens (tertiary/aromatic N) is 6. The summed E-state index contributed by atoms with van der Waals surface area (Å²) in [6.45, 7) is 5.52. The Labute approximate surface area is 226 Å². The van der Waals surface area contributed by atoms with Gasteiger partial charge in [0.05, 0.1) is 17.6 Å². The van der Waals surface area contributed by atoms with Gasteiger partial charge in [-0.3, -0.25) is 19.4 Å². The molecule has 11 heteroatoms. The second-order valence-corrected chi connectivity index (χ2v) is 10.4. The molecule has 1 amide bonds. The van der Waals surface area contributed by atoms with E-state index < -0.39 is 5.97 Å². The van der Waals surface area contributed by atoms with Crippen molar-refractivity contribution in [3.63, 3.8) is 0 Å². The number of hydrogen-bond donors (Lipinski definition) is 2. The fourth-order valence-electron chi connectivity index (χ4n) is 5.69. The van der Waals surface area contributed by atoms with Gasteiger partial charge in [-0.2, -0.15) is 5.10 Å². The molecule has 2 N–H and O–H groups in total. The molecule has 202 valence electrons. The highest BCUT2D eigenvalue weighted by molar-refractivity contribution is 5.94. The molecule has 0 saturated carbocycles. The van der Waals surface area contributed by atoms with Gasteiger partial charge in [-0.15, -0.1) is 0 Å². The van der Waals surface area contributed by atoms with Gasteiger partial charge in [-0.1, -0.05) is 0 Å². The number of pyridine rings is 2. The molecular formula is C28H31N7O4. The van der Waals surface area contributed by atoms with Crippen molar-refractivity contribution < 1.29 is 19.4 Å². The zero-order valence-corrected chi connectivity index (χ0v) is 22.0. The summed E-state index contributed by atoms with van der Waals surface area (Å²) in [6.07, 6.45) is 9.63. The Kier molecular flexibility index (Phi) is 6.51. The number of nitrogens with one attached hydrogen (secondary N) is 1. The van der Waals surface area contributed by atoms with E-state index >= 15 is 0 Å². The lowest BCUT2D eigenvalue weighted by Crippen LogP contribution is -2.61. The molecule has 0 atom stereocenters. The predicted octanol–water partition coefficient (Wildman–Crippen LogP) is 2.85. The molecule has 0 aliphatic carbocycles. The Hall–Kier alpha value is -4.25. The second-order valence-electron chi connectivity index (χ2n) is 10.4. The molecule has 3 aromatic heterocycles. The lowest BCUT2D eigenvalue weighted by atomic mass is 9.90. The highest BCUT2D eigenvalue weighted by Gasteiger charge is 2.36. The lowest BCUT2D eigenvalue weighted by Gasteiger charge is -2.47. The maximum absolute atomic E-state index is 12.1. The van der Waals surface area contributed by atoms with Crippen molar-refractivity contribution in [2.75, 3.05) is 31.5 Å². The van der Waals surface area contributed by atoms with Gasteiger partial charge >= 0.3 is 5.97 Å². The zero-order chi connectivity index (χ0) is 27.1. The number of carboxylic acids is 1. The van der Waals surface area contributed by atoms with E-state index in [-0.39, 0.29) is 5.91 Å². The van der Waals surface area contributed by atoms with Crippen LogP contribution in [0.2, 0.25) is 0 Å². The van der Waals surface area contributed by atoms with Crippen LogP contribution in [0.3, 0.4) is 0 Å². The van der Waals surface area contributed by atoms with Crippen molar-refractivity contribution in [1.29, 1.82) is 0 Å². The number of fused-ring (bicyclic) bond motifs is 2. The van der Waals surface area contributed by atoms with E-state index in [0.29, 0.717) is 31.7 Å². The standard InChI is InChI=1S/C28H31N7O4/c1-17-27-24(32-28-22(16-39-27)21(5-8-29-28)19-12-30-33(2)13-19)11-23(31-17)18-6-9-34(10-7-18)20-14-35(15-20)25(36)3-4-26(37)38/h3-5,8,11-13,18,20H,6-7,9-10,14-16H2,1-2H3,(H,29,32)(H,37,38)/b4-3+. The molecule has 0 unspecified atom stereocenters. The molecule has 2 saturated heterocycles. The molecule has 0 radical (unpaired) electrons. The third kappa shape index (κ3) is 4.97. The molecule has 6 heterocycles. The van der Waals surface area contributed by atoms with Crippen LogP contribution in [0.4, 0.5) is 11.5 Å². The molecule has 11 nitrogen and oxygen atoms in total. The molecule has 0 aromatic carbocycles. The number of ether oxygens (including phenoxy) is 1. The van der Waals surface area contributed by atoms with Gasteiger partial charge in [0.2, 0.25) is 5.91 Å². The number of carboxylic acid groups (broad SMARTS) is 1. The number of aromatic nitrogens is 4. The number of carbonyl (C=O) groups is 2. The van der Waals surface area contributed by atoms with E-state index in [2.05, 4.69) is 26.4 Å². The van der Waals surface area contributed by atoms with Crippen LogP contribution in [0.25, 0.3) is 11.1 Å². The molecule has 0 spiro atoms. The largest absolute Gasteiger partial charge is 0.485 e. The van der Waals surface area contributed by atoms with Crippen LogP contribution in [0.1, 0.15) is 35.7 Å². The minimum atomic E-state index is -1.11. The van der Waals surface area contributed by atoms with E-state index in [1.165, 1.54) is 0 Å². The van der Waals surface area contributed by atoms with Crippen LogP contribution in [-0.4, -0.2) is 78.8 Å². The molecule has 0 bridgehead atoms. The summed E-state index contributed by atoms with van der Waals surface area (Å²) in [7, 11) is 1.90. The maximum Gasteiger partial charge on any atom is 0.328 e. The van der Waals surface area contributed by atoms with Gasteiger partial charge in [-0.05, 0) is 50.6 Å². The SMILES string of the molecule is Cc1nc(C2CCN(C3CN(C(=O)/C=C/C(=O)O)C3)CC2)cc2c1OCc1c(-c3cnn(C)c3)ccnc1N2. The lowest BCUT2D eigenvalue weighted by molar-refractivity contribution is -0.135. The van der Waals surface area contributed by atoms with Gasteiger partial charge < -0.3 is 20.1 Å². The van der Waals surface area contributed by atoms with E-state index in [1.54, 1.807) is 15.8 Å². The van der Waals surface area contributed by atoms with Crippen molar-refractivity contribution >= 4 is 23.4 Å². The third-order valence-electron chi connectivity index (χ3n) is 7.85. The molecular weight excluding hydrogens is 498 g/mol. The first-order chi connectivity index (χ1) is 18.9. The Morgan fingerprint density at radius 2 is 2.00 bits per heavy atom. The smallest absolute Gasteiger partial charge is 0.328 e. The minimum absolute atomic E-state index is 0.244.